The number of nitrogens with zero attached hydrogens (tertiary/aromatic N) is 3. The molecule has 0 saturated heterocycles. The number of anilines is 1. The molecule has 0 amide bonds. The van der Waals surface area contributed by atoms with Gasteiger partial charge in [0.25, 0.3) is 5.56 Å². The van der Waals surface area contributed by atoms with Crippen molar-refractivity contribution in [3.8, 4) is 5.69 Å². The lowest BCUT2D eigenvalue weighted by Crippen LogP contribution is -2.22. The zero-order valence-corrected chi connectivity index (χ0v) is 14.2. The highest BCUT2D eigenvalue weighted by Gasteiger charge is 2.10. The Labute approximate surface area is 152 Å². The lowest BCUT2D eigenvalue weighted by Gasteiger charge is -2.07. The van der Waals surface area contributed by atoms with Crippen LogP contribution < -0.4 is 11.0 Å². The molecule has 25 heavy (non-hydrogen) atoms. The van der Waals surface area contributed by atoms with Crippen molar-refractivity contribution < 1.29 is 4.39 Å². The average Bonchev–Trinajstić information content (AvgIpc) is 2.62. The molecule has 1 aromatic heterocycles. The molecule has 5 nitrogen and oxygen atoms in total. The number of nitrogens with one attached hydrogen (secondary N) is 1. The van der Waals surface area contributed by atoms with Crippen molar-refractivity contribution in [2.24, 2.45) is 5.10 Å². The second kappa shape index (κ2) is 7.46. The third-order valence-electron chi connectivity index (χ3n) is 3.30. The number of hydrogen-bond donors (Lipinski definition) is 1. The summed E-state index contributed by atoms with van der Waals surface area (Å²) in [5, 5.41) is 8.05. The topological polar surface area (TPSA) is 59.3 Å². The largest absolute Gasteiger partial charge is 0.292 e. The highest BCUT2D eigenvalue weighted by atomic mass is 35.5. The van der Waals surface area contributed by atoms with Crippen LogP contribution in [0, 0.1) is 5.82 Å². The fourth-order valence-corrected chi connectivity index (χ4v) is 2.45. The number of hydrogen-bond acceptors (Lipinski definition) is 4. The zero-order chi connectivity index (χ0) is 17.8. The molecule has 3 aromatic rings. The molecule has 126 valence electrons. The molecule has 3 rings (SSSR count). The van der Waals surface area contributed by atoms with Crippen LogP contribution in [-0.2, 0) is 0 Å². The van der Waals surface area contributed by atoms with Crippen molar-refractivity contribution in [2.45, 2.75) is 0 Å². The van der Waals surface area contributed by atoms with Crippen LogP contribution in [0.4, 0.5) is 10.1 Å². The van der Waals surface area contributed by atoms with Gasteiger partial charge in [0.2, 0.25) is 0 Å². The lowest BCUT2D eigenvalue weighted by molar-refractivity contribution is 0.626. The molecule has 2 aromatic carbocycles. The molecule has 0 spiro atoms. The summed E-state index contributed by atoms with van der Waals surface area (Å²) in [4.78, 5) is 12.3. The fourth-order valence-electron chi connectivity index (χ4n) is 2.06. The van der Waals surface area contributed by atoms with Crippen molar-refractivity contribution in [1.82, 2.24) is 9.78 Å². The van der Waals surface area contributed by atoms with Crippen LogP contribution >= 0.6 is 23.2 Å². The van der Waals surface area contributed by atoms with E-state index >= 15 is 0 Å². The second-order valence-electron chi connectivity index (χ2n) is 4.93. The van der Waals surface area contributed by atoms with E-state index in [4.69, 9.17) is 23.2 Å². The van der Waals surface area contributed by atoms with E-state index in [1.54, 1.807) is 30.3 Å². The quantitative estimate of drug-likeness (QED) is 0.550. The van der Waals surface area contributed by atoms with E-state index in [1.165, 1.54) is 29.2 Å². The van der Waals surface area contributed by atoms with E-state index < -0.39 is 11.4 Å². The Bertz CT molecular complexity index is 969. The Morgan fingerprint density at radius 2 is 1.88 bits per heavy atom. The number of aromatic nitrogens is 2. The molecule has 0 unspecified atom stereocenters. The van der Waals surface area contributed by atoms with E-state index in [2.05, 4.69) is 15.6 Å². The predicted octanol–water partition coefficient (Wildman–Crippen LogP) is 4.12. The highest BCUT2D eigenvalue weighted by Crippen LogP contribution is 2.18. The normalized spacial score (nSPS) is 11.0. The van der Waals surface area contributed by atoms with Crippen molar-refractivity contribution in [3.63, 3.8) is 0 Å². The third-order valence-corrected chi connectivity index (χ3v) is 3.99. The summed E-state index contributed by atoms with van der Waals surface area (Å²) in [6.45, 7) is 0. The SMILES string of the molecule is O=c1c(Cl)c(N/N=C\c2c(F)cccc2Cl)cnn1-c1ccccc1. The Morgan fingerprint density at radius 1 is 1.12 bits per heavy atom. The molecule has 0 radical (unpaired) electrons. The molecule has 1 N–H and O–H groups in total. The summed E-state index contributed by atoms with van der Waals surface area (Å²) in [5.74, 6) is -0.512. The van der Waals surface area contributed by atoms with Gasteiger partial charge in [-0.3, -0.25) is 10.2 Å². The summed E-state index contributed by atoms with van der Waals surface area (Å²) >= 11 is 12.0. The summed E-state index contributed by atoms with van der Waals surface area (Å²) < 4.78 is 14.8. The van der Waals surface area contributed by atoms with Crippen LogP contribution in [-0.4, -0.2) is 16.0 Å². The average molecular weight is 377 g/mol. The highest BCUT2D eigenvalue weighted by molar-refractivity contribution is 6.33. The summed E-state index contributed by atoms with van der Waals surface area (Å²) in [6, 6.07) is 13.2. The monoisotopic (exact) mass is 376 g/mol. The Hall–Kier alpha value is -2.70. The van der Waals surface area contributed by atoms with Gasteiger partial charge in [0, 0.05) is 5.56 Å². The summed E-state index contributed by atoms with van der Waals surface area (Å²) in [6.07, 6.45) is 2.56. The van der Waals surface area contributed by atoms with Crippen molar-refractivity contribution in [1.29, 1.82) is 0 Å². The molecule has 0 fully saturated rings. The van der Waals surface area contributed by atoms with E-state index in [1.807, 2.05) is 6.07 Å². The van der Waals surface area contributed by atoms with Crippen LogP contribution in [0.3, 0.4) is 0 Å². The number of rotatable bonds is 4. The predicted molar refractivity (Wildman–Crippen MR) is 97.5 cm³/mol. The molecule has 0 aliphatic carbocycles. The maximum Gasteiger partial charge on any atom is 0.292 e. The first-order valence-electron chi connectivity index (χ1n) is 7.14. The maximum atomic E-state index is 13.7. The standard InChI is InChI=1S/C17H11Cl2FN4O/c18-13-7-4-8-14(20)12(13)9-21-23-15-10-22-24(17(25)16(15)19)11-5-2-1-3-6-11/h1-10,23H/b21-9-. The smallest absolute Gasteiger partial charge is 0.275 e. The Balaban J connectivity index is 1.86. The van der Waals surface area contributed by atoms with E-state index in [-0.39, 0.29) is 21.3 Å². The second-order valence-corrected chi connectivity index (χ2v) is 5.72. The molecular weight excluding hydrogens is 366 g/mol. The van der Waals surface area contributed by atoms with Gasteiger partial charge in [-0.2, -0.15) is 14.9 Å². The first-order valence-corrected chi connectivity index (χ1v) is 7.90. The molecule has 0 bridgehead atoms. The molecule has 8 heteroatoms. The van der Waals surface area contributed by atoms with Gasteiger partial charge in [-0.05, 0) is 24.3 Å². The zero-order valence-electron chi connectivity index (χ0n) is 12.7. The van der Waals surface area contributed by atoms with Crippen LogP contribution in [0.5, 0.6) is 0 Å². The van der Waals surface area contributed by atoms with Gasteiger partial charge >= 0.3 is 0 Å². The Morgan fingerprint density at radius 3 is 2.60 bits per heavy atom. The lowest BCUT2D eigenvalue weighted by atomic mass is 10.2. The van der Waals surface area contributed by atoms with E-state index in [0.29, 0.717) is 5.69 Å². The number of benzene rings is 2. The Kier molecular flexibility index (Phi) is 5.11. The van der Waals surface area contributed by atoms with Gasteiger partial charge in [0.1, 0.15) is 16.5 Å². The number of hydrazone groups is 1. The minimum atomic E-state index is -0.512. The first-order chi connectivity index (χ1) is 12.1. The minimum Gasteiger partial charge on any atom is -0.275 e. The molecule has 1 heterocycles. The summed E-state index contributed by atoms with van der Waals surface area (Å²) in [7, 11) is 0. The van der Waals surface area contributed by atoms with Crippen LogP contribution in [0.25, 0.3) is 5.69 Å². The van der Waals surface area contributed by atoms with E-state index in [9.17, 15) is 9.18 Å². The van der Waals surface area contributed by atoms with E-state index in [0.717, 1.165) is 0 Å². The van der Waals surface area contributed by atoms with Gasteiger partial charge in [0.05, 0.1) is 23.1 Å². The molecular formula is C17H11Cl2FN4O. The minimum absolute atomic E-state index is 0.0874. The maximum absolute atomic E-state index is 13.7. The van der Waals surface area contributed by atoms with Crippen molar-refractivity contribution in [2.75, 3.05) is 5.43 Å². The van der Waals surface area contributed by atoms with Crippen LogP contribution in [0.15, 0.2) is 64.6 Å². The molecule has 0 atom stereocenters. The number of para-hydroxylation sites is 1. The van der Waals surface area contributed by atoms with Gasteiger partial charge in [-0.15, -0.1) is 0 Å². The molecule has 0 aliphatic rings. The molecule has 0 saturated carbocycles. The van der Waals surface area contributed by atoms with Gasteiger partial charge in [0.15, 0.2) is 0 Å². The van der Waals surface area contributed by atoms with Crippen molar-refractivity contribution in [3.05, 3.63) is 86.5 Å². The van der Waals surface area contributed by atoms with Crippen LogP contribution in [0.2, 0.25) is 10.0 Å². The van der Waals surface area contributed by atoms with Gasteiger partial charge < -0.3 is 0 Å². The third kappa shape index (κ3) is 3.70. The first kappa shape index (κ1) is 17.1. The number of halogens is 3. The van der Waals surface area contributed by atoms with Crippen LogP contribution in [0.1, 0.15) is 5.56 Å². The fraction of sp³-hybridized carbons (Fsp3) is 0. The van der Waals surface area contributed by atoms with Crippen molar-refractivity contribution >= 4 is 35.1 Å². The summed E-state index contributed by atoms with van der Waals surface area (Å²) in [5.41, 5.74) is 2.97. The van der Waals surface area contributed by atoms with Gasteiger partial charge in [-0.1, -0.05) is 47.5 Å². The molecule has 0 aliphatic heterocycles. The van der Waals surface area contributed by atoms with Gasteiger partial charge in [-0.25, -0.2) is 4.39 Å².